The largest absolute Gasteiger partial charge is 0.493 e. The second kappa shape index (κ2) is 6.93. The van der Waals surface area contributed by atoms with E-state index in [4.69, 9.17) is 26.4 Å². The van der Waals surface area contributed by atoms with E-state index < -0.39 is 0 Å². The molecule has 1 atom stereocenters. The van der Waals surface area contributed by atoms with Crippen molar-refractivity contribution in [1.82, 2.24) is 14.9 Å². The maximum absolute atomic E-state index is 5.65. The first-order chi connectivity index (χ1) is 11.2. The molecular weight excluding hydrogens is 316 g/mol. The van der Waals surface area contributed by atoms with Gasteiger partial charge in [0.25, 0.3) is 0 Å². The van der Waals surface area contributed by atoms with Crippen molar-refractivity contribution in [3.63, 3.8) is 0 Å². The fourth-order valence-electron chi connectivity index (χ4n) is 2.46. The Kier molecular flexibility index (Phi) is 4.73. The molecule has 1 fully saturated rings. The van der Waals surface area contributed by atoms with Gasteiger partial charge in [0.1, 0.15) is 6.10 Å². The number of ether oxygens (including phenoxy) is 3. The number of hydrogen-bond acceptors (Lipinski definition) is 6. The van der Waals surface area contributed by atoms with Gasteiger partial charge in [-0.15, -0.1) is 0 Å². The molecule has 0 spiro atoms. The van der Waals surface area contributed by atoms with Crippen LogP contribution < -0.4 is 9.47 Å². The highest BCUT2D eigenvalue weighted by Gasteiger charge is 2.23. The third-order valence-corrected chi connectivity index (χ3v) is 3.89. The summed E-state index contributed by atoms with van der Waals surface area (Å²) in [6, 6.07) is 5.56. The molecule has 1 aromatic heterocycles. The molecule has 1 saturated heterocycles. The van der Waals surface area contributed by atoms with Gasteiger partial charge in [-0.2, -0.15) is 14.9 Å². The van der Waals surface area contributed by atoms with Gasteiger partial charge < -0.3 is 14.2 Å². The van der Waals surface area contributed by atoms with Crippen molar-refractivity contribution in [2.24, 2.45) is 5.10 Å². The summed E-state index contributed by atoms with van der Waals surface area (Å²) in [5.74, 6) is 2.01. The number of benzene rings is 1. The zero-order chi connectivity index (χ0) is 16.2. The van der Waals surface area contributed by atoms with E-state index in [9.17, 15) is 0 Å². The molecule has 0 unspecified atom stereocenters. The van der Waals surface area contributed by atoms with Crippen molar-refractivity contribution in [1.29, 1.82) is 0 Å². The highest BCUT2D eigenvalue weighted by molar-refractivity contribution is 7.71. The molecule has 1 aromatic carbocycles. The maximum atomic E-state index is 5.65. The van der Waals surface area contributed by atoms with Crippen LogP contribution in [0.2, 0.25) is 0 Å². The minimum atomic E-state index is -0.0643. The van der Waals surface area contributed by atoms with E-state index in [1.807, 2.05) is 18.2 Å². The summed E-state index contributed by atoms with van der Waals surface area (Å²) < 4.78 is 18.2. The van der Waals surface area contributed by atoms with E-state index in [1.54, 1.807) is 25.1 Å². The lowest BCUT2D eigenvalue weighted by atomic mass is 10.2. The van der Waals surface area contributed by atoms with Gasteiger partial charge in [0.05, 0.1) is 20.4 Å². The Morgan fingerprint density at radius 1 is 1.39 bits per heavy atom. The third-order valence-electron chi connectivity index (χ3n) is 3.62. The van der Waals surface area contributed by atoms with Crippen LogP contribution in [0, 0.1) is 4.77 Å². The quantitative estimate of drug-likeness (QED) is 0.672. The van der Waals surface area contributed by atoms with E-state index in [-0.39, 0.29) is 6.10 Å². The number of aromatic nitrogens is 3. The van der Waals surface area contributed by atoms with Gasteiger partial charge in [0.15, 0.2) is 17.3 Å². The molecule has 0 saturated carbocycles. The predicted octanol–water partition coefficient (Wildman–Crippen LogP) is 2.69. The summed E-state index contributed by atoms with van der Waals surface area (Å²) >= 11 is 5.24. The molecular formula is C15H18N4O3S. The van der Waals surface area contributed by atoms with Gasteiger partial charge >= 0.3 is 0 Å². The fourth-order valence-corrected chi connectivity index (χ4v) is 2.65. The summed E-state index contributed by atoms with van der Waals surface area (Å²) in [5, 5.41) is 11.4. The molecule has 0 radical (unpaired) electrons. The van der Waals surface area contributed by atoms with Crippen molar-refractivity contribution in [2.45, 2.75) is 18.9 Å². The topological polar surface area (TPSA) is 73.7 Å². The fraction of sp³-hybridized carbons (Fsp3) is 0.400. The van der Waals surface area contributed by atoms with Crippen LogP contribution in [0.3, 0.4) is 0 Å². The predicted molar refractivity (Wildman–Crippen MR) is 87.9 cm³/mol. The maximum Gasteiger partial charge on any atom is 0.216 e. The molecule has 23 heavy (non-hydrogen) atoms. The minimum absolute atomic E-state index is 0.0643. The normalized spacial score (nSPS) is 17.7. The average Bonchev–Trinajstić information content (AvgIpc) is 3.22. The van der Waals surface area contributed by atoms with Crippen molar-refractivity contribution in [2.75, 3.05) is 20.8 Å². The summed E-state index contributed by atoms with van der Waals surface area (Å²) in [4.78, 5) is 0. The van der Waals surface area contributed by atoms with Crippen LogP contribution in [-0.4, -0.2) is 41.9 Å². The highest BCUT2D eigenvalue weighted by Crippen LogP contribution is 2.28. The molecule has 122 valence electrons. The number of hydrogen-bond donors (Lipinski definition) is 1. The first kappa shape index (κ1) is 15.7. The Labute approximate surface area is 138 Å². The molecule has 8 heteroatoms. The van der Waals surface area contributed by atoms with Crippen molar-refractivity contribution < 1.29 is 14.2 Å². The lowest BCUT2D eigenvalue weighted by molar-refractivity contribution is 0.102. The van der Waals surface area contributed by atoms with Crippen LogP contribution in [0.5, 0.6) is 11.5 Å². The Bertz CT molecular complexity index is 762. The second-order valence-corrected chi connectivity index (χ2v) is 5.45. The molecule has 0 bridgehead atoms. The molecule has 1 aliphatic rings. The lowest BCUT2D eigenvalue weighted by Gasteiger charge is -2.08. The van der Waals surface area contributed by atoms with Crippen LogP contribution in [0.4, 0.5) is 0 Å². The molecule has 2 heterocycles. The Hall–Kier alpha value is -2.19. The molecule has 3 rings (SSSR count). The van der Waals surface area contributed by atoms with E-state index in [0.717, 1.165) is 25.0 Å². The SMILES string of the molecule is COc1ccc(/C=N\n2c([C@@H]3CCCO3)n[nH]c2=S)cc1OC. The van der Waals surface area contributed by atoms with Gasteiger partial charge in [-0.25, -0.2) is 0 Å². The number of H-pyrrole nitrogens is 1. The van der Waals surface area contributed by atoms with Gasteiger partial charge in [-0.05, 0) is 48.8 Å². The first-order valence-corrected chi connectivity index (χ1v) is 7.69. The van der Waals surface area contributed by atoms with Crippen LogP contribution in [0.15, 0.2) is 23.3 Å². The minimum Gasteiger partial charge on any atom is -0.493 e. The van der Waals surface area contributed by atoms with Crippen molar-refractivity contribution >= 4 is 18.4 Å². The van der Waals surface area contributed by atoms with Gasteiger partial charge in [-0.3, -0.25) is 5.10 Å². The Morgan fingerprint density at radius 3 is 2.91 bits per heavy atom. The monoisotopic (exact) mass is 334 g/mol. The van der Waals surface area contributed by atoms with Crippen LogP contribution >= 0.6 is 12.2 Å². The second-order valence-electron chi connectivity index (χ2n) is 5.06. The number of nitrogens with one attached hydrogen (secondary N) is 1. The van der Waals surface area contributed by atoms with E-state index in [2.05, 4.69) is 15.3 Å². The lowest BCUT2D eigenvalue weighted by Crippen LogP contribution is -2.05. The smallest absolute Gasteiger partial charge is 0.216 e. The van der Waals surface area contributed by atoms with Gasteiger partial charge in [0.2, 0.25) is 4.77 Å². The first-order valence-electron chi connectivity index (χ1n) is 7.28. The van der Waals surface area contributed by atoms with Crippen molar-refractivity contribution in [3.05, 3.63) is 34.4 Å². The number of nitrogens with zero attached hydrogens (tertiary/aromatic N) is 3. The molecule has 2 aromatic rings. The molecule has 0 amide bonds. The highest BCUT2D eigenvalue weighted by atomic mass is 32.1. The zero-order valence-corrected chi connectivity index (χ0v) is 13.8. The summed E-state index contributed by atoms with van der Waals surface area (Å²) in [5.41, 5.74) is 0.865. The Morgan fingerprint density at radius 2 is 2.22 bits per heavy atom. The third kappa shape index (κ3) is 3.27. The van der Waals surface area contributed by atoms with Crippen molar-refractivity contribution in [3.8, 4) is 11.5 Å². The van der Waals surface area contributed by atoms with E-state index >= 15 is 0 Å². The van der Waals surface area contributed by atoms with E-state index in [0.29, 0.717) is 22.1 Å². The van der Waals surface area contributed by atoms with E-state index in [1.165, 1.54) is 0 Å². The van der Waals surface area contributed by atoms with Gasteiger partial charge in [0, 0.05) is 6.61 Å². The van der Waals surface area contributed by atoms with Gasteiger partial charge in [-0.1, -0.05) is 0 Å². The molecule has 7 nitrogen and oxygen atoms in total. The van der Waals surface area contributed by atoms with Crippen LogP contribution in [0.1, 0.15) is 30.3 Å². The summed E-state index contributed by atoms with van der Waals surface area (Å²) in [6.45, 7) is 0.740. The summed E-state index contributed by atoms with van der Waals surface area (Å²) in [7, 11) is 3.20. The number of methoxy groups -OCH3 is 2. The molecule has 1 N–H and O–H groups in total. The number of aromatic amines is 1. The number of rotatable bonds is 5. The Balaban J connectivity index is 1.88. The molecule has 1 aliphatic heterocycles. The standard InChI is InChI=1S/C15H18N4O3S/c1-20-11-6-5-10(8-13(11)21-2)9-16-19-14(17-18-15(19)23)12-4-3-7-22-12/h5-6,8-9,12H,3-4,7H2,1-2H3,(H,18,23)/b16-9-/t12-/m0/s1. The zero-order valence-electron chi connectivity index (χ0n) is 13.0. The summed E-state index contributed by atoms with van der Waals surface area (Å²) in [6.07, 6.45) is 3.58. The van der Waals surface area contributed by atoms with Crippen LogP contribution in [0.25, 0.3) is 0 Å². The average molecular weight is 334 g/mol. The molecule has 0 aliphatic carbocycles. The van der Waals surface area contributed by atoms with Crippen LogP contribution in [-0.2, 0) is 4.74 Å².